The maximum Gasteiger partial charge on any atom is 0.344 e. The molecule has 158 valence electrons. The number of hydrogen-bond donors (Lipinski definition) is 1. The molecule has 1 heterocycles. The standard InChI is InChI=1S/C25H29NO4/c1-3-4-5-6-7-12-17-26-18(2)23(21-15-10-11-16-22(21)26)30-25(29)20-14-9-8-13-19(20)24(27)28/h8-11,13-16H,3-7,12,17H2,1-2H3,(H,27,28). The molecule has 0 saturated carbocycles. The van der Waals surface area contributed by atoms with E-state index in [-0.39, 0.29) is 11.1 Å². The van der Waals surface area contributed by atoms with Gasteiger partial charge in [-0.3, -0.25) is 0 Å². The van der Waals surface area contributed by atoms with Crippen molar-refractivity contribution >= 4 is 22.8 Å². The van der Waals surface area contributed by atoms with Gasteiger partial charge in [-0.15, -0.1) is 0 Å². The van der Waals surface area contributed by atoms with Gasteiger partial charge in [0.2, 0.25) is 0 Å². The number of ether oxygens (including phenoxy) is 1. The Morgan fingerprint density at radius 3 is 2.27 bits per heavy atom. The van der Waals surface area contributed by atoms with Gasteiger partial charge in [0.15, 0.2) is 5.75 Å². The summed E-state index contributed by atoms with van der Waals surface area (Å²) in [4.78, 5) is 24.3. The van der Waals surface area contributed by atoms with Crippen molar-refractivity contribution in [2.75, 3.05) is 0 Å². The molecule has 2 aromatic carbocycles. The van der Waals surface area contributed by atoms with Gasteiger partial charge in [0, 0.05) is 11.9 Å². The Balaban J connectivity index is 1.84. The maximum atomic E-state index is 12.8. The lowest BCUT2D eigenvalue weighted by Crippen LogP contribution is -2.14. The highest BCUT2D eigenvalue weighted by Crippen LogP contribution is 2.34. The number of unbranched alkanes of at least 4 members (excludes halogenated alkanes) is 5. The Labute approximate surface area is 177 Å². The maximum absolute atomic E-state index is 12.8. The number of aryl methyl sites for hydroxylation is 1. The van der Waals surface area contributed by atoms with Crippen LogP contribution in [0.25, 0.3) is 10.9 Å². The van der Waals surface area contributed by atoms with E-state index in [9.17, 15) is 14.7 Å². The number of carbonyl (C=O) groups excluding carboxylic acids is 1. The summed E-state index contributed by atoms with van der Waals surface area (Å²) < 4.78 is 7.95. The third kappa shape index (κ3) is 4.73. The number of carboxylic acid groups (broad SMARTS) is 1. The first-order chi connectivity index (χ1) is 14.5. The van der Waals surface area contributed by atoms with Crippen molar-refractivity contribution in [1.29, 1.82) is 0 Å². The minimum atomic E-state index is -1.15. The fraction of sp³-hybridized carbons (Fsp3) is 0.360. The van der Waals surface area contributed by atoms with Gasteiger partial charge in [-0.2, -0.15) is 0 Å². The van der Waals surface area contributed by atoms with Crippen molar-refractivity contribution in [1.82, 2.24) is 4.57 Å². The lowest BCUT2D eigenvalue weighted by Gasteiger charge is -2.09. The van der Waals surface area contributed by atoms with Crippen molar-refractivity contribution in [3.05, 3.63) is 65.4 Å². The van der Waals surface area contributed by atoms with E-state index in [1.807, 2.05) is 31.2 Å². The van der Waals surface area contributed by atoms with E-state index in [1.165, 1.54) is 44.2 Å². The molecule has 0 saturated heterocycles. The van der Waals surface area contributed by atoms with Gasteiger partial charge in [-0.25, -0.2) is 9.59 Å². The summed E-state index contributed by atoms with van der Waals surface area (Å²) in [7, 11) is 0. The molecule has 1 aromatic heterocycles. The van der Waals surface area contributed by atoms with Gasteiger partial charge in [-0.1, -0.05) is 63.3 Å². The quantitative estimate of drug-likeness (QED) is 0.320. The molecule has 0 aliphatic rings. The predicted molar refractivity (Wildman–Crippen MR) is 118 cm³/mol. The number of carbonyl (C=O) groups is 2. The molecule has 0 radical (unpaired) electrons. The molecule has 3 rings (SSSR count). The number of nitrogens with zero attached hydrogens (tertiary/aromatic N) is 1. The molecule has 0 aliphatic carbocycles. The first-order valence-electron chi connectivity index (χ1n) is 10.7. The lowest BCUT2D eigenvalue weighted by molar-refractivity contribution is 0.0668. The molecule has 0 unspecified atom stereocenters. The summed E-state index contributed by atoms with van der Waals surface area (Å²) in [6.07, 6.45) is 7.27. The van der Waals surface area contributed by atoms with Gasteiger partial charge < -0.3 is 14.4 Å². The molecule has 3 aromatic rings. The van der Waals surface area contributed by atoms with Gasteiger partial charge in [0.25, 0.3) is 0 Å². The summed E-state index contributed by atoms with van der Waals surface area (Å²) in [5, 5.41) is 10.2. The second-order valence-electron chi connectivity index (χ2n) is 7.59. The first-order valence-corrected chi connectivity index (χ1v) is 10.7. The third-order valence-corrected chi connectivity index (χ3v) is 5.48. The van der Waals surface area contributed by atoms with E-state index >= 15 is 0 Å². The number of fused-ring (bicyclic) bond motifs is 1. The predicted octanol–water partition coefficient (Wildman–Crippen LogP) is 6.23. The van der Waals surface area contributed by atoms with Crippen LogP contribution in [-0.4, -0.2) is 21.6 Å². The van der Waals surface area contributed by atoms with Crippen LogP contribution in [0.5, 0.6) is 5.75 Å². The second-order valence-corrected chi connectivity index (χ2v) is 7.59. The molecule has 1 N–H and O–H groups in total. The SMILES string of the molecule is CCCCCCCCn1c(C)c(OC(=O)c2ccccc2C(=O)O)c2ccccc21. The van der Waals surface area contributed by atoms with Crippen LogP contribution >= 0.6 is 0 Å². The van der Waals surface area contributed by atoms with Crippen LogP contribution in [0.2, 0.25) is 0 Å². The van der Waals surface area contributed by atoms with Gasteiger partial charge in [0.05, 0.1) is 22.3 Å². The Bertz CT molecular complexity index is 1030. The smallest absolute Gasteiger partial charge is 0.344 e. The van der Waals surface area contributed by atoms with Crippen LogP contribution in [0.4, 0.5) is 0 Å². The van der Waals surface area contributed by atoms with E-state index in [0.29, 0.717) is 5.75 Å². The summed E-state index contributed by atoms with van der Waals surface area (Å²) >= 11 is 0. The van der Waals surface area contributed by atoms with Crippen LogP contribution in [0.3, 0.4) is 0 Å². The molecule has 0 aliphatic heterocycles. The summed E-state index contributed by atoms with van der Waals surface area (Å²) in [5.41, 5.74) is 1.90. The molecule has 0 amide bonds. The van der Waals surface area contributed by atoms with Crippen LogP contribution in [-0.2, 0) is 6.54 Å². The zero-order valence-corrected chi connectivity index (χ0v) is 17.7. The van der Waals surface area contributed by atoms with E-state index in [4.69, 9.17) is 4.74 Å². The molecule has 30 heavy (non-hydrogen) atoms. The molecule has 5 heteroatoms. The zero-order chi connectivity index (χ0) is 21.5. The van der Waals surface area contributed by atoms with Crippen molar-refractivity contribution in [3.63, 3.8) is 0 Å². The van der Waals surface area contributed by atoms with Crippen LogP contribution in [0, 0.1) is 6.92 Å². The summed E-state index contributed by atoms with van der Waals surface area (Å²) in [6, 6.07) is 14.0. The van der Waals surface area contributed by atoms with E-state index < -0.39 is 11.9 Å². The average Bonchev–Trinajstić information content (AvgIpc) is 3.02. The Morgan fingerprint density at radius 1 is 0.900 bits per heavy atom. The average molecular weight is 408 g/mol. The minimum Gasteiger partial charge on any atom is -0.478 e. The molecular weight excluding hydrogens is 378 g/mol. The normalized spacial score (nSPS) is 11.0. The number of para-hydroxylation sites is 1. The van der Waals surface area contributed by atoms with Gasteiger partial charge in [0.1, 0.15) is 0 Å². The molecule has 0 spiro atoms. The van der Waals surface area contributed by atoms with Gasteiger partial charge in [-0.05, 0) is 37.6 Å². The molecule has 0 fully saturated rings. The van der Waals surface area contributed by atoms with E-state index in [2.05, 4.69) is 11.5 Å². The number of rotatable bonds is 10. The van der Waals surface area contributed by atoms with Crippen molar-refractivity contribution in [3.8, 4) is 5.75 Å². The Hall–Kier alpha value is -3.08. The second kappa shape index (κ2) is 10.1. The number of aromatic carboxylic acids is 1. The first kappa shape index (κ1) is 21.6. The Kier molecular flexibility index (Phi) is 7.28. The molecule has 0 bridgehead atoms. The van der Waals surface area contributed by atoms with Crippen molar-refractivity contribution < 1.29 is 19.4 Å². The third-order valence-electron chi connectivity index (χ3n) is 5.48. The topological polar surface area (TPSA) is 68.5 Å². The fourth-order valence-corrected chi connectivity index (χ4v) is 3.86. The molecule has 5 nitrogen and oxygen atoms in total. The lowest BCUT2D eigenvalue weighted by atomic mass is 10.1. The van der Waals surface area contributed by atoms with Gasteiger partial charge >= 0.3 is 11.9 Å². The number of carboxylic acids is 1. The number of hydrogen-bond acceptors (Lipinski definition) is 3. The highest BCUT2D eigenvalue weighted by atomic mass is 16.5. The molecular formula is C25H29NO4. The number of esters is 1. The number of aromatic nitrogens is 1. The summed E-state index contributed by atoms with van der Waals surface area (Å²) in [6.45, 7) is 5.03. The molecule has 0 atom stereocenters. The van der Waals surface area contributed by atoms with E-state index in [0.717, 1.165) is 29.6 Å². The summed E-state index contributed by atoms with van der Waals surface area (Å²) in [5.74, 6) is -1.30. The largest absolute Gasteiger partial charge is 0.478 e. The van der Waals surface area contributed by atoms with Crippen molar-refractivity contribution in [2.45, 2.75) is 58.9 Å². The fourth-order valence-electron chi connectivity index (χ4n) is 3.86. The van der Waals surface area contributed by atoms with Crippen LogP contribution in [0.15, 0.2) is 48.5 Å². The van der Waals surface area contributed by atoms with Crippen molar-refractivity contribution in [2.24, 2.45) is 0 Å². The minimum absolute atomic E-state index is 0.0529. The van der Waals surface area contributed by atoms with Crippen LogP contribution < -0.4 is 4.74 Å². The van der Waals surface area contributed by atoms with E-state index in [1.54, 1.807) is 12.1 Å². The highest BCUT2D eigenvalue weighted by molar-refractivity contribution is 6.04. The zero-order valence-electron chi connectivity index (χ0n) is 17.7. The highest BCUT2D eigenvalue weighted by Gasteiger charge is 2.22. The number of benzene rings is 2. The Morgan fingerprint density at radius 2 is 1.53 bits per heavy atom. The van der Waals surface area contributed by atoms with Crippen LogP contribution in [0.1, 0.15) is 71.9 Å². The monoisotopic (exact) mass is 407 g/mol.